The molecule has 0 aliphatic heterocycles. The molecular formula is C13H21N5O2. The van der Waals surface area contributed by atoms with E-state index in [1.54, 1.807) is 6.92 Å². The van der Waals surface area contributed by atoms with Crippen LogP contribution in [0.5, 0.6) is 0 Å². The second-order valence-corrected chi connectivity index (χ2v) is 4.78. The highest BCUT2D eigenvalue weighted by Crippen LogP contribution is 2.13. The van der Waals surface area contributed by atoms with Gasteiger partial charge < -0.3 is 16.4 Å². The lowest BCUT2D eigenvalue weighted by molar-refractivity contribution is -0.122. The molecule has 1 aromatic rings. The van der Waals surface area contributed by atoms with Crippen molar-refractivity contribution >= 4 is 17.5 Å². The van der Waals surface area contributed by atoms with Crippen molar-refractivity contribution < 1.29 is 9.59 Å². The van der Waals surface area contributed by atoms with E-state index in [0.29, 0.717) is 12.4 Å². The van der Waals surface area contributed by atoms with Gasteiger partial charge in [0.15, 0.2) is 5.69 Å². The van der Waals surface area contributed by atoms with Crippen LogP contribution in [-0.4, -0.2) is 34.4 Å². The fourth-order valence-corrected chi connectivity index (χ4v) is 1.52. The molecule has 1 rings (SSSR count). The summed E-state index contributed by atoms with van der Waals surface area (Å²) >= 11 is 0. The molecular weight excluding hydrogens is 258 g/mol. The number of hydrogen-bond donors (Lipinski definition) is 3. The summed E-state index contributed by atoms with van der Waals surface area (Å²) in [6.45, 7) is 7.76. The van der Waals surface area contributed by atoms with Crippen LogP contribution < -0.4 is 16.4 Å². The smallest absolute Gasteiger partial charge is 0.272 e. The molecule has 0 saturated heterocycles. The van der Waals surface area contributed by atoms with Crippen LogP contribution in [0.15, 0.2) is 6.20 Å². The Labute approximate surface area is 118 Å². The van der Waals surface area contributed by atoms with Crippen LogP contribution in [0.3, 0.4) is 0 Å². The minimum Gasteiger partial charge on any atom is -0.396 e. The van der Waals surface area contributed by atoms with Crippen LogP contribution in [0.4, 0.5) is 5.69 Å². The Morgan fingerprint density at radius 2 is 2.00 bits per heavy atom. The lowest BCUT2D eigenvalue weighted by Crippen LogP contribution is -2.45. The molecule has 0 saturated carbocycles. The highest BCUT2D eigenvalue weighted by Gasteiger charge is 2.19. The molecule has 1 aromatic heterocycles. The zero-order chi connectivity index (χ0) is 15.3. The maximum Gasteiger partial charge on any atom is 0.272 e. The zero-order valence-electron chi connectivity index (χ0n) is 12.2. The molecule has 1 atom stereocenters. The first kappa shape index (κ1) is 15.9. The average molecular weight is 279 g/mol. The van der Waals surface area contributed by atoms with E-state index >= 15 is 0 Å². The summed E-state index contributed by atoms with van der Waals surface area (Å²) in [7, 11) is 0. The van der Waals surface area contributed by atoms with Crippen LogP contribution >= 0.6 is 0 Å². The fourth-order valence-electron chi connectivity index (χ4n) is 1.52. The molecule has 1 unspecified atom stereocenters. The van der Waals surface area contributed by atoms with E-state index in [-0.39, 0.29) is 23.2 Å². The molecule has 0 aromatic carbocycles. The summed E-state index contributed by atoms with van der Waals surface area (Å²) in [4.78, 5) is 31.9. The third-order valence-electron chi connectivity index (χ3n) is 2.66. The van der Waals surface area contributed by atoms with E-state index in [4.69, 9.17) is 5.73 Å². The lowest BCUT2D eigenvalue weighted by Gasteiger charge is -2.14. The number of nitrogens with two attached hydrogens (primary N) is 1. The highest BCUT2D eigenvalue weighted by atomic mass is 16.2. The molecule has 7 nitrogen and oxygen atoms in total. The fraction of sp³-hybridized carbons (Fsp3) is 0.538. The number of rotatable bonds is 5. The largest absolute Gasteiger partial charge is 0.396 e. The van der Waals surface area contributed by atoms with Crippen molar-refractivity contribution in [2.45, 2.75) is 39.7 Å². The molecule has 2 amide bonds. The van der Waals surface area contributed by atoms with E-state index in [1.165, 1.54) is 6.20 Å². The molecule has 110 valence electrons. The number of likely N-dealkylation sites (N-methyl/N-ethyl adjacent to an activating group) is 1. The summed E-state index contributed by atoms with van der Waals surface area (Å²) < 4.78 is 0. The standard InChI is InChI=1S/C13H21N5O2/c1-5-15-12(19)8(4)17-13(20)10-9(14)6-16-11(18-10)7(2)3/h6-8H,5,14H2,1-4H3,(H,15,19)(H,17,20). The summed E-state index contributed by atoms with van der Waals surface area (Å²) in [5, 5.41) is 5.20. The number of hydrogen-bond acceptors (Lipinski definition) is 5. The van der Waals surface area contributed by atoms with E-state index in [1.807, 2.05) is 20.8 Å². The molecule has 7 heteroatoms. The molecule has 0 radical (unpaired) electrons. The van der Waals surface area contributed by atoms with Crippen LogP contribution in [0.25, 0.3) is 0 Å². The Balaban J connectivity index is 2.87. The van der Waals surface area contributed by atoms with Crippen LogP contribution in [0.1, 0.15) is 49.9 Å². The molecule has 0 aliphatic rings. The van der Waals surface area contributed by atoms with E-state index in [9.17, 15) is 9.59 Å². The van der Waals surface area contributed by atoms with Crippen LogP contribution in [0.2, 0.25) is 0 Å². The molecule has 0 spiro atoms. The van der Waals surface area contributed by atoms with Crippen molar-refractivity contribution in [3.63, 3.8) is 0 Å². The summed E-state index contributed by atoms with van der Waals surface area (Å²) in [6, 6.07) is -0.653. The summed E-state index contributed by atoms with van der Waals surface area (Å²) in [5.74, 6) is -0.110. The highest BCUT2D eigenvalue weighted by molar-refractivity contribution is 5.99. The second kappa shape index (κ2) is 6.83. The average Bonchev–Trinajstić information content (AvgIpc) is 2.38. The minimum absolute atomic E-state index is 0.0861. The summed E-state index contributed by atoms with van der Waals surface area (Å²) in [5.41, 5.74) is 6.00. The van der Waals surface area contributed by atoms with E-state index < -0.39 is 11.9 Å². The number of aromatic nitrogens is 2. The monoisotopic (exact) mass is 279 g/mol. The molecule has 4 N–H and O–H groups in total. The second-order valence-electron chi connectivity index (χ2n) is 4.78. The molecule has 0 bridgehead atoms. The van der Waals surface area contributed by atoms with Crippen molar-refractivity contribution in [2.75, 3.05) is 12.3 Å². The zero-order valence-corrected chi connectivity index (χ0v) is 12.2. The van der Waals surface area contributed by atoms with Crippen LogP contribution in [0, 0.1) is 0 Å². The van der Waals surface area contributed by atoms with Gasteiger partial charge >= 0.3 is 0 Å². The molecule has 0 aliphatic carbocycles. The number of carbonyl (C=O) groups excluding carboxylic acids is 2. The Hall–Kier alpha value is -2.18. The van der Waals surface area contributed by atoms with Crippen molar-refractivity contribution in [3.05, 3.63) is 17.7 Å². The quantitative estimate of drug-likeness (QED) is 0.724. The number of nitrogens with one attached hydrogen (secondary N) is 2. The van der Waals surface area contributed by atoms with Gasteiger partial charge in [-0.3, -0.25) is 9.59 Å². The first-order valence-corrected chi connectivity index (χ1v) is 6.57. The third-order valence-corrected chi connectivity index (χ3v) is 2.66. The van der Waals surface area contributed by atoms with Gasteiger partial charge in [-0.15, -0.1) is 0 Å². The van der Waals surface area contributed by atoms with Gasteiger partial charge in [0.2, 0.25) is 5.91 Å². The Morgan fingerprint density at radius 3 is 2.55 bits per heavy atom. The summed E-state index contributed by atoms with van der Waals surface area (Å²) in [6.07, 6.45) is 1.41. The van der Waals surface area contributed by atoms with Gasteiger partial charge in [-0.25, -0.2) is 9.97 Å². The van der Waals surface area contributed by atoms with Gasteiger partial charge in [-0.05, 0) is 13.8 Å². The third kappa shape index (κ3) is 3.91. The van der Waals surface area contributed by atoms with Gasteiger partial charge in [0, 0.05) is 12.5 Å². The Kier molecular flexibility index (Phi) is 5.42. The normalized spacial score (nSPS) is 12.1. The Morgan fingerprint density at radius 1 is 1.35 bits per heavy atom. The van der Waals surface area contributed by atoms with Crippen molar-refractivity contribution in [1.82, 2.24) is 20.6 Å². The van der Waals surface area contributed by atoms with Crippen molar-refractivity contribution in [2.24, 2.45) is 0 Å². The predicted octanol–water partition coefficient (Wildman–Crippen LogP) is 0.437. The predicted molar refractivity (Wildman–Crippen MR) is 76.1 cm³/mol. The number of carbonyl (C=O) groups is 2. The number of anilines is 1. The SMILES string of the molecule is CCNC(=O)C(C)NC(=O)c1nc(C(C)C)ncc1N. The topological polar surface area (TPSA) is 110 Å². The first-order valence-electron chi connectivity index (χ1n) is 6.57. The van der Waals surface area contributed by atoms with E-state index in [2.05, 4.69) is 20.6 Å². The van der Waals surface area contributed by atoms with Crippen LogP contribution in [-0.2, 0) is 4.79 Å². The number of amides is 2. The number of nitrogen functional groups attached to an aromatic ring is 1. The molecule has 20 heavy (non-hydrogen) atoms. The van der Waals surface area contributed by atoms with Crippen molar-refractivity contribution in [3.8, 4) is 0 Å². The number of nitrogens with zero attached hydrogens (tertiary/aromatic N) is 2. The van der Waals surface area contributed by atoms with Gasteiger partial charge in [0.05, 0.1) is 11.9 Å². The molecule has 0 fully saturated rings. The van der Waals surface area contributed by atoms with Crippen molar-refractivity contribution in [1.29, 1.82) is 0 Å². The van der Waals surface area contributed by atoms with Gasteiger partial charge in [0.1, 0.15) is 11.9 Å². The minimum atomic E-state index is -0.653. The Bertz CT molecular complexity index is 502. The van der Waals surface area contributed by atoms with Gasteiger partial charge in [0.25, 0.3) is 5.91 Å². The first-order chi connectivity index (χ1) is 9.36. The lowest BCUT2D eigenvalue weighted by atomic mass is 10.2. The van der Waals surface area contributed by atoms with Gasteiger partial charge in [-0.1, -0.05) is 13.8 Å². The maximum absolute atomic E-state index is 12.1. The molecule has 1 heterocycles. The van der Waals surface area contributed by atoms with Gasteiger partial charge in [-0.2, -0.15) is 0 Å². The maximum atomic E-state index is 12.1. The van der Waals surface area contributed by atoms with E-state index in [0.717, 1.165) is 0 Å².